The molecule has 138 valence electrons. The van der Waals surface area contributed by atoms with Crippen molar-refractivity contribution < 1.29 is 4.39 Å². The van der Waals surface area contributed by atoms with E-state index in [0.29, 0.717) is 6.54 Å². The van der Waals surface area contributed by atoms with E-state index >= 15 is 0 Å². The van der Waals surface area contributed by atoms with E-state index in [0.717, 1.165) is 30.0 Å². The molecule has 0 amide bonds. The van der Waals surface area contributed by atoms with Gasteiger partial charge in [-0.05, 0) is 50.8 Å². The number of rotatable bonds is 3. The van der Waals surface area contributed by atoms with Gasteiger partial charge in [0.05, 0.1) is 12.1 Å². The Morgan fingerprint density at radius 2 is 1.77 bits per heavy atom. The van der Waals surface area contributed by atoms with Gasteiger partial charge in [-0.3, -0.25) is 0 Å². The fraction of sp³-hybridized carbons (Fsp3) is 0.381. The monoisotopic (exact) mass is 373 g/mol. The molecule has 1 aliphatic rings. The largest absolute Gasteiger partial charge is 0.355 e. The molecule has 3 heterocycles. The lowest BCUT2D eigenvalue weighted by Gasteiger charge is -2.28. The first-order chi connectivity index (χ1) is 12.2. The predicted octanol–water partition coefficient (Wildman–Crippen LogP) is 5.25. The van der Waals surface area contributed by atoms with Crippen LogP contribution >= 0.6 is 12.4 Å². The number of aromatic nitrogens is 2. The topological polar surface area (TPSA) is 21.1 Å². The van der Waals surface area contributed by atoms with E-state index in [-0.39, 0.29) is 18.2 Å². The van der Waals surface area contributed by atoms with Crippen LogP contribution in [0.3, 0.4) is 0 Å². The first-order valence-electron chi connectivity index (χ1n) is 9.09. The van der Waals surface area contributed by atoms with Crippen molar-refractivity contribution in [3.05, 3.63) is 59.2 Å². The van der Waals surface area contributed by atoms with Gasteiger partial charge in [-0.15, -0.1) is 12.4 Å². The van der Waals surface area contributed by atoms with Crippen molar-refractivity contribution in [1.82, 2.24) is 9.55 Å². The molecule has 0 bridgehead atoms. The van der Waals surface area contributed by atoms with Crippen LogP contribution in [0, 0.1) is 19.7 Å². The molecule has 26 heavy (non-hydrogen) atoms. The maximum Gasteiger partial charge on any atom is 0.153 e. The first kappa shape index (κ1) is 18.7. The van der Waals surface area contributed by atoms with Crippen molar-refractivity contribution in [2.75, 3.05) is 18.0 Å². The predicted molar refractivity (Wildman–Crippen MR) is 108 cm³/mol. The fourth-order valence-corrected chi connectivity index (χ4v) is 3.91. The number of benzene rings is 1. The van der Waals surface area contributed by atoms with Gasteiger partial charge in [0.15, 0.2) is 5.82 Å². The zero-order chi connectivity index (χ0) is 17.4. The van der Waals surface area contributed by atoms with Gasteiger partial charge in [0.2, 0.25) is 0 Å². The third kappa shape index (κ3) is 3.18. The second-order valence-electron chi connectivity index (χ2n) is 6.97. The van der Waals surface area contributed by atoms with Crippen LogP contribution in [0.25, 0.3) is 10.9 Å². The average molecular weight is 374 g/mol. The lowest BCUT2D eigenvalue weighted by Crippen LogP contribution is -2.30. The molecule has 0 saturated carbocycles. The summed E-state index contributed by atoms with van der Waals surface area (Å²) in [6, 6.07) is 9.13. The number of piperidine rings is 1. The molecule has 0 aliphatic carbocycles. The van der Waals surface area contributed by atoms with Crippen LogP contribution in [-0.2, 0) is 6.54 Å². The van der Waals surface area contributed by atoms with Gasteiger partial charge in [-0.25, -0.2) is 9.37 Å². The normalized spacial score (nSPS) is 14.5. The van der Waals surface area contributed by atoms with E-state index in [2.05, 4.69) is 29.4 Å². The van der Waals surface area contributed by atoms with Gasteiger partial charge in [0.1, 0.15) is 5.82 Å². The van der Waals surface area contributed by atoms with Crippen molar-refractivity contribution in [2.45, 2.75) is 39.7 Å². The molecular weight excluding hydrogens is 349 g/mol. The highest BCUT2D eigenvalue weighted by molar-refractivity contribution is 5.93. The molecule has 1 fully saturated rings. The van der Waals surface area contributed by atoms with Crippen LogP contribution in [0.2, 0.25) is 0 Å². The van der Waals surface area contributed by atoms with Gasteiger partial charge >= 0.3 is 0 Å². The Kier molecular flexibility index (Phi) is 5.52. The highest BCUT2D eigenvalue weighted by Gasteiger charge is 2.21. The lowest BCUT2D eigenvalue weighted by molar-refractivity contribution is 0.573. The summed E-state index contributed by atoms with van der Waals surface area (Å²) >= 11 is 0. The molecule has 1 aliphatic heterocycles. The molecule has 5 heteroatoms. The zero-order valence-electron chi connectivity index (χ0n) is 15.3. The third-order valence-electron chi connectivity index (χ3n) is 5.47. The summed E-state index contributed by atoms with van der Waals surface area (Å²) in [5.41, 5.74) is 4.30. The van der Waals surface area contributed by atoms with Crippen LogP contribution in [-0.4, -0.2) is 22.6 Å². The number of nitrogens with zero attached hydrogens (tertiary/aromatic N) is 3. The Hall–Kier alpha value is -2.07. The number of hydrogen-bond acceptors (Lipinski definition) is 2. The Labute approximate surface area is 160 Å². The van der Waals surface area contributed by atoms with E-state index in [4.69, 9.17) is 4.98 Å². The minimum atomic E-state index is -0.148. The maximum atomic E-state index is 14.2. The molecule has 0 radical (unpaired) electrons. The minimum Gasteiger partial charge on any atom is -0.355 e. The molecule has 2 aromatic heterocycles. The number of aryl methyl sites for hydroxylation is 1. The lowest BCUT2D eigenvalue weighted by atomic mass is 10.1. The third-order valence-corrected chi connectivity index (χ3v) is 5.47. The molecule has 0 N–H and O–H groups in total. The maximum absolute atomic E-state index is 14.2. The van der Waals surface area contributed by atoms with Gasteiger partial charge in [-0.2, -0.15) is 0 Å². The number of hydrogen-bond donors (Lipinski definition) is 0. The molecule has 0 atom stereocenters. The van der Waals surface area contributed by atoms with Crippen LogP contribution < -0.4 is 4.90 Å². The number of fused-ring (bicyclic) bond motifs is 1. The van der Waals surface area contributed by atoms with Crippen molar-refractivity contribution in [2.24, 2.45) is 0 Å². The highest BCUT2D eigenvalue weighted by atomic mass is 35.5. The van der Waals surface area contributed by atoms with Crippen molar-refractivity contribution >= 4 is 29.1 Å². The molecule has 4 rings (SSSR count). The molecular formula is C21H25ClFN3. The molecule has 1 aromatic carbocycles. The minimum absolute atomic E-state index is 0. The summed E-state index contributed by atoms with van der Waals surface area (Å²) in [5, 5.41) is 1.23. The summed E-state index contributed by atoms with van der Waals surface area (Å²) in [5.74, 6) is 0.898. The van der Waals surface area contributed by atoms with E-state index in [1.54, 1.807) is 6.07 Å². The highest BCUT2D eigenvalue weighted by Crippen LogP contribution is 2.33. The molecule has 0 unspecified atom stereocenters. The Morgan fingerprint density at radius 1 is 1.04 bits per heavy atom. The average Bonchev–Trinajstić information content (AvgIpc) is 2.89. The van der Waals surface area contributed by atoms with Crippen molar-refractivity contribution in [1.29, 1.82) is 0 Å². The van der Waals surface area contributed by atoms with Crippen molar-refractivity contribution in [3.8, 4) is 0 Å². The number of pyridine rings is 1. The van der Waals surface area contributed by atoms with Gasteiger partial charge < -0.3 is 9.47 Å². The van der Waals surface area contributed by atoms with Crippen molar-refractivity contribution in [3.63, 3.8) is 0 Å². The molecule has 3 nitrogen and oxygen atoms in total. The quantitative estimate of drug-likeness (QED) is 0.625. The standard InChI is InChI=1S/C21H24FN3.ClH/c1-15-16(2)25(14-17-8-4-5-9-19(17)22)20-18(15)10-11-23-21(20)24-12-6-3-7-13-24;/h4-5,8-11H,3,6-7,12-14H2,1-2H3;1H. The number of halogens is 2. The zero-order valence-corrected chi connectivity index (χ0v) is 16.2. The van der Waals surface area contributed by atoms with Gasteiger partial charge in [0, 0.05) is 35.9 Å². The van der Waals surface area contributed by atoms with Gasteiger partial charge in [-0.1, -0.05) is 18.2 Å². The van der Waals surface area contributed by atoms with Crippen LogP contribution in [0.4, 0.5) is 10.2 Å². The van der Waals surface area contributed by atoms with E-state index < -0.39 is 0 Å². The molecule has 0 spiro atoms. The number of anilines is 1. The second-order valence-corrected chi connectivity index (χ2v) is 6.97. The van der Waals surface area contributed by atoms with E-state index in [9.17, 15) is 4.39 Å². The summed E-state index contributed by atoms with van der Waals surface area (Å²) < 4.78 is 16.5. The summed E-state index contributed by atoms with van der Waals surface area (Å²) in [6.07, 6.45) is 5.63. The summed E-state index contributed by atoms with van der Waals surface area (Å²) in [7, 11) is 0. The second kappa shape index (κ2) is 7.67. The van der Waals surface area contributed by atoms with E-state index in [1.807, 2.05) is 18.3 Å². The summed E-state index contributed by atoms with van der Waals surface area (Å²) in [4.78, 5) is 7.11. The smallest absolute Gasteiger partial charge is 0.153 e. The van der Waals surface area contributed by atoms with Crippen LogP contribution in [0.5, 0.6) is 0 Å². The Bertz CT molecular complexity index is 913. The SMILES string of the molecule is Cc1c(C)n(Cc2ccccc2F)c2c(N3CCCCC3)nccc12.Cl. The molecule has 3 aromatic rings. The first-order valence-corrected chi connectivity index (χ1v) is 9.09. The Balaban J connectivity index is 0.00000196. The van der Waals surface area contributed by atoms with Gasteiger partial charge in [0.25, 0.3) is 0 Å². The summed E-state index contributed by atoms with van der Waals surface area (Å²) in [6.45, 7) is 6.91. The van der Waals surface area contributed by atoms with Crippen LogP contribution in [0.1, 0.15) is 36.1 Å². The van der Waals surface area contributed by atoms with Crippen LogP contribution in [0.15, 0.2) is 36.5 Å². The van der Waals surface area contributed by atoms with E-state index in [1.165, 1.54) is 42.0 Å². The molecule has 1 saturated heterocycles. The Morgan fingerprint density at radius 3 is 2.50 bits per heavy atom. The fourth-order valence-electron chi connectivity index (χ4n) is 3.91.